The second-order valence-electron chi connectivity index (χ2n) is 6.72. The molecular formula is C16H24N4O. The predicted octanol–water partition coefficient (Wildman–Crippen LogP) is 2.38. The number of nitrogens with one attached hydrogen (secondary N) is 1. The Balaban J connectivity index is 1.56. The van der Waals surface area contributed by atoms with Crippen LogP contribution in [-0.2, 0) is 26.2 Å². The van der Waals surface area contributed by atoms with Gasteiger partial charge in [-0.05, 0) is 32.9 Å². The number of fused-ring (bicyclic) bond motifs is 1. The number of hydrogen-bond donors (Lipinski definition) is 1. The lowest BCUT2D eigenvalue weighted by atomic mass is 10.1. The molecule has 1 aliphatic heterocycles. The lowest BCUT2D eigenvalue weighted by molar-refractivity contribution is 0.192. The molecule has 0 amide bonds. The first-order chi connectivity index (χ1) is 9.99. The van der Waals surface area contributed by atoms with E-state index in [-0.39, 0.29) is 5.54 Å². The van der Waals surface area contributed by atoms with Gasteiger partial charge in [0.05, 0.1) is 19.6 Å². The molecule has 5 nitrogen and oxygen atoms in total. The molecule has 0 spiro atoms. The third-order valence-electron chi connectivity index (χ3n) is 3.71. The van der Waals surface area contributed by atoms with Crippen LogP contribution in [0.5, 0.6) is 0 Å². The average Bonchev–Trinajstić information content (AvgIpc) is 3.04. The summed E-state index contributed by atoms with van der Waals surface area (Å²) in [5.74, 6) is 3.17. The summed E-state index contributed by atoms with van der Waals surface area (Å²) < 4.78 is 8.14. The summed E-state index contributed by atoms with van der Waals surface area (Å²) in [7, 11) is 0. The molecule has 2 aromatic heterocycles. The molecule has 2 aromatic rings. The van der Waals surface area contributed by atoms with Gasteiger partial charge in [0.15, 0.2) is 0 Å². The highest BCUT2D eigenvalue weighted by atomic mass is 16.3. The lowest BCUT2D eigenvalue weighted by Gasteiger charge is -2.26. The molecule has 1 N–H and O–H groups in total. The molecule has 0 saturated heterocycles. The van der Waals surface area contributed by atoms with Crippen LogP contribution in [0.3, 0.4) is 0 Å². The second-order valence-corrected chi connectivity index (χ2v) is 6.72. The zero-order chi connectivity index (χ0) is 14.9. The highest BCUT2D eigenvalue weighted by Crippen LogP contribution is 2.16. The Morgan fingerprint density at radius 2 is 2.05 bits per heavy atom. The molecule has 0 aliphatic carbocycles. The van der Waals surface area contributed by atoms with Crippen LogP contribution >= 0.6 is 0 Å². The van der Waals surface area contributed by atoms with E-state index in [1.54, 1.807) is 0 Å². The maximum absolute atomic E-state index is 5.92. The normalized spacial score (nSPS) is 16.1. The molecule has 0 bridgehead atoms. The van der Waals surface area contributed by atoms with Crippen molar-refractivity contribution in [2.75, 3.05) is 6.54 Å². The maximum Gasteiger partial charge on any atom is 0.122 e. The Morgan fingerprint density at radius 3 is 2.86 bits per heavy atom. The van der Waals surface area contributed by atoms with Gasteiger partial charge in [0, 0.05) is 31.0 Å². The molecule has 0 aromatic carbocycles. The van der Waals surface area contributed by atoms with Crippen LogP contribution in [0.4, 0.5) is 0 Å². The Kier molecular flexibility index (Phi) is 3.87. The molecule has 0 fully saturated rings. The Morgan fingerprint density at radius 1 is 1.24 bits per heavy atom. The monoisotopic (exact) mass is 288 g/mol. The smallest absolute Gasteiger partial charge is 0.122 e. The molecule has 3 rings (SSSR count). The van der Waals surface area contributed by atoms with E-state index >= 15 is 0 Å². The van der Waals surface area contributed by atoms with Gasteiger partial charge >= 0.3 is 0 Å². The van der Waals surface area contributed by atoms with Crippen molar-refractivity contribution in [1.82, 2.24) is 19.8 Å². The number of furan rings is 1. The second kappa shape index (κ2) is 5.66. The van der Waals surface area contributed by atoms with E-state index in [4.69, 9.17) is 4.42 Å². The van der Waals surface area contributed by atoms with Crippen LogP contribution in [0.15, 0.2) is 28.9 Å². The first kappa shape index (κ1) is 14.4. The summed E-state index contributed by atoms with van der Waals surface area (Å²) in [6.07, 6.45) is 3.93. The summed E-state index contributed by atoms with van der Waals surface area (Å²) in [4.78, 5) is 6.77. The van der Waals surface area contributed by atoms with Gasteiger partial charge in [0.1, 0.15) is 17.3 Å². The van der Waals surface area contributed by atoms with E-state index in [1.165, 1.54) is 0 Å². The highest BCUT2D eigenvalue weighted by molar-refractivity contribution is 5.08. The summed E-state index contributed by atoms with van der Waals surface area (Å²) in [6.45, 7) is 11.0. The van der Waals surface area contributed by atoms with Gasteiger partial charge in [0.25, 0.3) is 0 Å². The van der Waals surface area contributed by atoms with Crippen LogP contribution in [-0.4, -0.2) is 26.5 Å². The number of nitrogens with zero attached hydrogens (tertiary/aromatic N) is 3. The zero-order valence-corrected chi connectivity index (χ0v) is 13.1. The van der Waals surface area contributed by atoms with E-state index in [9.17, 15) is 0 Å². The average molecular weight is 288 g/mol. The largest absolute Gasteiger partial charge is 0.463 e. The minimum Gasteiger partial charge on any atom is -0.463 e. The van der Waals surface area contributed by atoms with Gasteiger partial charge in [-0.3, -0.25) is 4.90 Å². The van der Waals surface area contributed by atoms with Crippen LogP contribution < -0.4 is 5.32 Å². The van der Waals surface area contributed by atoms with Crippen molar-refractivity contribution >= 4 is 0 Å². The fourth-order valence-electron chi connectivity index (χ4n) is 2.53. The van der Waals surface area contributed by atoms with Crippen molar-refractivity contribution in [2.24, 2.45) is 0 Å². The molecule has 5 heteroatoms. The third-order valence-corrected chi connectivity index (χ3v) is 3.71. The van der Waals surface area contributed by atoms with Crippen molar-refractivity contribution < 1.29 is 4.42 Å². The van der Waals surface area contributed by atoms with Gasteiger partial charge in [-0.15, -0.1) is 0 Å². The van der Waals surface area contributed by atoms with E-state index in [0.29, 0.717) is 0 Å². The Labute approximate surface area is 126 Å². The van der Waals surface area contributed by atoms with Crippen molar-refractivity contribution in [3.05, 3.63) is 41.9 Å². The quantitative estimate of drug-likeness (QED) is 0.938. The van der Waals surface area contributed by atoms with E-state index in [1.807, 2.05) is 6.20 Å². The van der Waals surface area contributed by atoms with E-state index < -0.39 is 0 Å². The van der Waals surface area contributed by atoms with Gasteiger partial charge in [-0.25, -0.2) is 4.98 Å². The summed E-state index contributed by atoms with van der Waals surface area (Å²) >= 11 is 0. The first-order valence-corrected chi connectivity index (χ1v) is 7.55. The minimum atomic E-state index is 0.108. The fraction of sp³-hybridized carbons (Fsp3) is 0.562. The third kappa shape index (κ3) is 3.74. The van der Waals surface area contributed by atoms with Crippen LogP contribution in [0.25, 0.3) is 0 Å². The predicted molar refractivity (Wildman–Crippen MR) is 81.6 cm³/mol. The molecule has 21 heavy (non-hydrogen) atoms. The standard InChI is InChI=1S/C16H24N4O/c1-16(2,3)18-10-13-4-5-14(21-13)11-19-8-9-20-7-6-17-15(20)12-19/h4-7,18H,8-12H2,1-3H3. The number of imidazole rings is 1. The topological polar surface area (TPSA) is 46.2 Å². The minimum absolute atomic E-state index is 0.108. The van der Waals surface area contributed by atoms with Crippen LogP contribution in [0, 0.1) is 0 Å². The molecule has 0 unspecified atom stereocenters. The molecular weight excluding hydrogens is 264 g/mol. The lowest BCUT2D eigenvalue weighted by Crippen LogP contribution is -2.35. The first-order valence-electron chi connectivity index (χ1n) is 7.55. The van der Waals surface area contributed by atoms with Crippen LogP contribution in [0.2, 0.25) is 0 Å². The SMILES string of the molecule is CC(C)(C)NCc1ccc(CN2CCn3ccnc3C2)o1. The van der Waals surface area contributed by atoms with Crippen LogP contribution in [0.1, 0.15) is 38.1 Å². The van der Waals surface area contributed by atoms with E-state index in [0.717, 1.165) is 50.1 Å². The zero-order valence-electron chi connectivity index (χ0n) is 13.1. The van der Waals surface area contributed by atoms with Gasteiger partial charge < -0.3 is 14.3 Å². The highest BCUT2D eigenvalue weighted by Gasteiger charge is 2.18. The molecule has 1 aliphatic rings. The molecule has 3 heterocycles. The Bertz CT molecular complexity index is 593. The van der Waals surface area contributed by atoms with Gasteiger partial charge in [-0.2, -0.15) is 0 Å². The van der Waals surface area contributed by atoms with Crippen molar-refractivity contribution in [3.63, 3.8) is 0 Å². The molecule has 0 saturated carbocycles. The fourth-order valence-corrected chi connectivity index (χ4v) is 2.53. The molecule has 0 atom stereocenters. The number of hydrogen-bond acceptors (Lipinski definition) is 4. The maximum atomic E-state index is 5.92. The van der Waals surface area contributed by atoms with Gasteiger partial charge in [-0.1, -0.05) is 0 Å². The summed E-state index contributed by atoms with van der Waals surface area (Å²) in [5, 5.41) is 3.44. The molecule has 0 radical (unpaired) electrons. The summed E-state index contributed by atoms with van der Waals surface area (Å²) in [6, 6.07) is 4.15. The number of aromatic nitrogens is 2. The number of rotatable bonds is 4. The van der Waals surface area contributed by atoms with Crippen molar-refractivity contribution in [3.8, 4) is 0 Å². The molecule has 114 valence electrons. The summed E-state index contributed by atoms with van der Waals surface area (Å²) in [5.41, 5.74) is 0.108. The van der Waals surface area contributed by atoms with E-state index in [2.05, 4.69) is 58.9 Å². The van der Waals surface area contributed by atoms with Crippen molar-refractivity contribution in [2.45, 2.75) is 52.5 Å². The van der Waals surface area contributed by atoms with Crippen molar-refractivity contribution in [1.29, 1.82) is 0 Å². The van der Waals surface area contributed by atoms with Gasteiger partial charge in [0.2, 0.25) is 0 Å². The Hall–Kier alpha value is -1.59.